The van der Waals surface area contributed by atoms with Crippen LogP contribution in [0.3, 0.4) is 0 Å². The third-order valence-electron chi connectivity index (χ3n) is 2.10. The number of benzene rings is 1. The van der Waals surface area contributed by atoms with Crippen LogP contribution in [0.5, 0.6) is 0 Å². The topological polar surface area (TPSA) is 38.1 Å². The van der Waals surface area contributed by atoms with E-state index in [2.05, 4.69) is 10.5 Å². The maximum absolute atomic E-state index is 5.91. The van der Waals surface area contributed by atoms with Crippen LogP contribution in [0.1, 0.15) is 5.56 Å². The second kappa shape index (κ2) is 4.47. The van der Waals surface area contributed by atoms with Crippen LogP contribution in [-0.4, -0.2) is 12.2 Å². The Morgan fingerprint density at radius 1 is 1.47 bits per heavy atom. The van der Waals surface area contributed by atoms with Gasteiger partial charge in [-0.3, -0.25) is 0 Å². The van der Waals surface area contributed by atoms with Crippen LogP contribution < -0.4 is 5.32 Å². The zero-order valence-corrected chi connectivity index (χ0v) is 9.08. The van der Waals surface area contributed by atoms with E-state index in [1.54, 1.807) is 6.20 Å². The molecular weight excluding hydrogens is 212 g/mol. The molecule has 2 rings (SSSR count). The van der Waals surface area contributed by atoms with E-state index in [0.29, 0.717) is 5.02 Å². The monoisotopic (exact) mass is 222 g/mol. The lowest BCUT2D eigenvalue weighted by Crippen LogP contribution is -2.04. The Labute approximate surface area is 93.0 Å². The first-order valence-electron chi connectivity index (χ1n) is 4.65. The second-order valence-corrected chi connectivity index (χ2v) is 3.66. The molecular formula is C11H11ClN2O. The highest BCUT2D eigenvalue weighted by Gasteiger charge is 2.09. The van der Waals surface area contributed by atoms with Crippen molar-refractivity contribution >= 4 is 11.6 Å². The Bertz CT molecular complexity index is 453. The molecule has 0 saturated carbocycles. The van der Waals surface area contributed by atoms with Crippen molar-refractivity contribution in [2.45, 2.75) is 6.54 Å². The van der Waals surface area contributed by atoms with Gasteiger partial charge in [0, 0.05) is 22.7 Å². The molecule has 1 N–H and O–H groups in total. The molecule has 0 aliphatic rings. The Balaban J connectivity index is 2.40. The highest BCUT2D eigenvalue weighted by atomic mass is 35.5. The van der Waals surface area contributed by atoms with Gasteiger partial charge >= 0.3 is 0 Å². The molecule has 0 bridgehead atoms. The van der Waals surface area contributed by atoms with Crippen LogP contribution in [0.15, 0.2) is 35.0 Å². The van der Waals surface area contributed by atoms with Crippen LogP contribution in [0, 0.1) is 0 Å². The van der Waals surface area contributed by atoms with Gasteiger partial charge in [0.15, 0.2) is 5.76 Å². The van der Waals surface area contributed by atoms with Crippen LogP contribution in [0.25, 0.3) is 11.3 Å². The minimum absolute atomic E-state index is 0.694. The first-order chi connectivity index (χ1) is 7.31. The molecule has 78 valence electrons. The molecule has 4 heteroatoms. The molecule has 3 nitrogen and oxygen atoms in total. The third kappa shape index (κ3) is 2.19. The summed E-state index contributed by atoms with van der Waals surface area (Å²) < 4.78 is 5.21. The Hall–Kier alpha value is -1.32. The smallest absolute Gasteiger partial charge is 0.171 e. The molecule has 1 aromatic carbocycles. The van der Waals surface area contributed by atoms with Gasteiger partial charge in [0.2, 0.25) is 0 Å². The predicted molar refractivity (Wildman–Crippen MR) is 59.7 cm³/mol. The molecule has 1 aromatic heterocycles. The van der Waals surface area contributed by atoms with Crippen LogP contribution in [-0.2, 0) is 6.54 Å². The lowest BCUT2D eigenvalue weighted by atomic mass is 10.1. The Kier molecular flexibility index (Phi) is 3.04. The van der Waals surface area contributed by atoms with E-state index in [-0.39, 0.29) is 0 Å². The summed E-state index contributed by atoms with van der Waals surface area (Å²) in [7, 11) is 1.88. The number of aromatic nitrogens is 1. The van der Waals surface area contributed by atoms with Gasteiger partial charge in [-0.25, -0.2) is 0 Å². The van der Waals surface area contributed by atoms with Gasteiger partial charge in [0.25, 0.3) is 0 Å². The third-order valence-corrected chi connectivity index (χ3v) is 2.33. The van der Waals surface area contributed by atoms with E-state index in [1.165, 1.54) is 0 Å². The highest BCUT2D eigenvalue weighted by molar-refractivity contribution is 6.30. The lowest BCUT2D eigenvalue weighted by molar-refractivity contribution is 0.431. The summed E-state index contributed by atoms with van der Waals surface area (Å²) in [5.41, 5.74) is 1.98. The maximum atomic E-state index is 5.91. The standard InChI is InChI=1S/C11H11ClN2O/c1-13-6-9-7-14-15-11(9)8-3-2-4-10(12)5-8/h2-5,7,13H,6H2,1H3. The van der Waals surface area contributed by atoms with Crippen molar-refractivity contribution in [3.05, 3.63) is 41.0 Å². The number of hydrogen-bond donors (Lipinski definition) is 1. The molecule has 0 amide bonds. The molecule has 1 heterocycles. The summed E-state index contributed by atoms with van der Waals surface area (Å²) in [5, 5.41) is 7.54. The van der Waals surface area contributed by atoms with Crippen molar-refractivity contribution in [2.24, 2.45) is 0 Å². The molecule has 0 aliphatic heterocycles. The zero-order valence-electron chi connectivity index (χ0n) is 8.33. The number of halogens is 1. The summed E-state index contributed by atoms with van der Waals surface area (Å²) in [6, 6.07) is 7.54. The Morgan fingerprint density at radius 3 is 3.07 bits per heavy atom. The van der Waals surface area contributed by atoms with Crippen molar-refractivity contribution in [1.82, 2.24) is 10.5 Å². The number of nitrogens with one attached hydrogen (secondary N) is 1. The van der Waals surface area contributed by atoms with Crippen LogP contribution in [0.2, 0.25) is 5.02 Å². The molecule has 0 atom stereocenters. The van der Waals surface area contributed by atoms with E-state index >= 15 is 0 Å². The first kappa shape index (κ1) is 10.2. The lowest BCUT2D eigenvalue weighted by Gasteiger charge is -2.00. The first-order valence-corrected chi connectivity index (χ1v) is 5.03. The fraction of sp³-hybridized carbons (Fsp3) is 0.182. The minimum atomic E-state index is 0.694. The molecule has 2 aromatic rings. The highest BCUT2D eigenvalue weighted by Crippen LogP contribution is 2.25. The average Bonchev–Trinajstić information content (AvgIpc) is 2.66. The van der Waals surface area contributed by atoms with E-state index in [0.717, 1.165) is 23.4 Å². The van der Waals surface area contributed by atoms with Gasteiger partial charge in [-0.15, -0.1) is 0 Å². The fourth-order valence-corrected chi connectivity index (χ4v) is 1.63. The number of hydrogen-bond acceptors (Lipinski definition) is 3. The second-order valence-electron chi connectivity index (χ2n) is 3.22. The van der Waals surface area contributed by atoms with E-state index < -0.39 is 0 Å². The molecule has 0 fully saturated rings. The van der Waals surface area contributed by atoms with Gasteiger partial charge in [-0.2, -0.15) is 0 Å². The normalized spacial score (nSPS) is 10.5. The van der Waals surface area contributed by atoms with E-state index in [1.807, 2.05) is 31.3 Å². The van der Waals surface area contributed by atoms with Crippen LogP contribution in [0.4, 0.5) is 0 Å². The molecule has 0 spiro atoms. The molecule has 0 unspecified atom stereocenters. The largest absolute Gasteiger partial charge is 0.356 e. The molecule has 0 saturated heterocycles. The Morgan fingerprint density at radius 2 is 2.33 bits per heavy atom. The summed E-state index contributed by atoms with van der Waals surface area (Å²) in [6.07, 6.45) is 1.72. The summed E-state index contributed by atoms with van der Waals surface area (Å²) >= 11 is 5.91. The summed E-state index contributed by atoms with van der Waals surface area (Å²) in [5.74, 6) is 0.770. The van der Waals surface area contributed by atoms with Crippen molar-refractivity contribution < 1.29 is 4.52 Å². The quantitative estimate of drug-likeness (QED) is 0.868. The van der Waals surface area contributed by atoms with Crippen molar-refractivity contribution in [3.8, 4) is 11.3 Å². The van der Waals surface area contributed by atoms with Crippen molar-refractivity contribution in [2.75, 3.05) is 7.05 Å². The van der Waals surface area contributed by atoms with Gasteiger partial charge in [-0.1, -0.05) is 28.9 Å². The van der Waals surface area contributed by atoms with Crippen LogP contribution >= 0.6 is 11.6 Å². The SMILES string of the molecule is CNCc1cnoc1-c1cccc(Cl)c1. The van der Waals surface area contributed by atoms with Gasteiger partial charge in [0.1, 0.15) is 0 Å². The number of nitrogens with zero attached hydrogens (tertiary/aromatic N) is 1. The minimum Gasteiger partial charge on any atom is -0.356 e. The summed E-state index contributed by atoms with van der Waals surface area (Å²) in [4.78, 5) is 0. The van der Waals surface area contributed by atoms with Gasteiger partial charge in [-0.05, 0) is 19.2 Å². The molecule has 0 radical (unpaired) electrons. The van der Waals surface area contributed by atoms with Gasteiger partial charge < -0.3 is 9.84 Å². The molecule has 15 heavy (non-hydrogen) atoms. The summed E-state index contributed by atoms with van der Waals surface area (Å²) in [6.45, 7) is 0.728. The average molecular weight is 223 g/mol. The van der Waals surface area contributed by atoms with E-state index in [4.69, 9.17) is 16.1 Å². The van der Waals surface area contributed by atoms with E-state index in [9.17, 15) is 0 Å². The maximum Gasteiger partial charge on any atom is 0.171 e. The van der Waals surface area contributed by atoms with Gasteiger partial charge in [0.05, 0.1) is 6.20 Å². The fourth-order valence-electron chi connectivity index (χ4n) is 1.44. The number of rotatable bonds is 3. The van der Waals surface area contributed by atoms with Crippen molar-refractivity contribution in [1.29, 1.82) is 0 Å². The zero-order chi connectivity index (χ0) is 10.7. The molecule has 0 aliphatic carbocycles. The van der Waals surface area contributed by atoms with Crippen molar-refractivity contribution in [3.63, 3.8) is 0 Å². The predicted octanol–water partition coefficient (Wildman–Crippen LogP) is 2.71.